The molecule has 24 heavy (non-hydrogen) atoms. The molecule has 2 rings (SSSR count). The summed E-state index contributed by atoms with van der Waals surface area (Å²) in [6.45, 7) is 3.97. The fourth-order valence-electron chi connectivity index (χ4n) is 2.78. The van der Waals surface area contributed by atoms with Crippen LogP contribution in [0.4, 0.5) is 0 Å². The minimum Gasteiger partial charge on any atom is -0.465 e. The predicted molar refractivity (Wildman–Crippen MR) is 94.3 cm³/mol. The molecule has 0 amide bonds. The van der Waals surface area contributed by atoms with Gasteiger partial charge in [0.25, 0.3) is 0 Å². The van der Waals surface area contributed by atoms with Crippen LogP contribution in [0.5, 0.6) is 0 Å². The van der Waals surface area contributed by atoms with Crippen molar-refractivity contribution in [2.75, 3.05) is 13.2 Å². The van der Waals surface area contributed by atoms with E-state index < -0.39 is 0 Å². The third-order valence-corrected chi connectivity index (χ3v) is 4.27. The van der Waals surface area contributed by atoms with E-state index in [1.807, 2.05) is 30.3 Å². The van der Waals surface area contributed by atoms with Crippen LogP contribution in [0.3, 0.4) is 0 Å². The van der Waals surface area contributed by atoms with E-state index in [1.165, 1.54) is 12.8 Å². The molecule has 134 valence electrons. The lowest BCUT2D eigenvalue weighted by atomic mass is 10.0. The first kappa shape index (κ1) is 18.9. The van der Waals surface area contributed by atoms with Crippen molar-refractivity contribution in [3.05, 3.63) is 35.9 Å². The van der Waals surface area contributed by atoms with E-state index in [2.05, 4.69) is 17.7 Å². The monoisotopic (exact) mass is 334 g/mol. The van der Waals surface area contributed by atoms with Crippen molar-refractivity contribution in [1.29, 1.82) is 0 Å². The topological polar surface area (TPSA) is 59.6 Å². The van der Waals surface area contributed by atoms with Crippen molar-refractivity contribution in [2.45, 2.75) is 64.1 Å². The molecule has 0 aliphatic carbocycles. The van der Waals surface area contributed by atoms with Gasteiger partial charge in [0.2, 0.25) is 0 Å². The normalized spacial score (nSPS) is 20.7. The predicted octanol–water partition coefficient (Wildman–Crippen LogP) is 2.95. The van der Waals surface area contributed by atoms with Crippen LogP contribution in [-0.4, -0.2) is 31.2 Å². The van der Waals surface area contributed by atoms with Crippen LogP contribution < -0.4 is 10.8 Å². The van der Waals surface area contributed by atoms with E-state index in [0.29, 0.717) is 19.8 Å². The maximum atomic E-state index is 12.0. The van der Waals surface area contributed by atoms with Gasteiger partial charge >= 0.3 is 5.97 Å². The van der Waals surface area contributed by atoms with Crippen molar-refractivity contribution in [1.82, 2.24) is 10.8 Å². The van der Waals surface area contributed by atoms with Crippen LogP contribution in [0.25, 0.3) is 0 Å². The average Bonchev–Trinajstić information content (AvgIpc) is 2.63. The van der Waals surface area contributed by atoms with Gasteiger partial charge in [0.05, 0.1) is 13.2 Å². The van der Waals surface area contributed by atoms with E-state index in [4.69, 9.17) is 9.57 Å². The van der Waals surface area contributed by atoms with E-state index in [-0.39, 0.29) is 18.1 Å². The Kier molecular flexibility index (Phi) is 8.81. The number of rotatable bonds is 10. The molecule has 1 heterocycles. The highest BCUT2D eigenvalue weighted by molar-refractivity contribution is 5.75. The molecule has 5 heteroatoms. The fraction of sp³-hybridized carbons (Fsp3) is 0.632. The van der Waals surface area contributed by atoms with Gasteiger partial charge in [-0.3, -0.25) is 9.63 Å². The number of benzene rings is 1. The lowest BCUT2D eigenvalue weighted by Crippen LogP contribution is -2.51. The molecule has 1 saturated heterocycles. The van der Waals surface area contributed by atoms with Gasteiger partial charge < -0.3 is 10.1 Å². The maximum Gasteiger partial charge on any atom is 0.323 e. The van der Waals surface area contributed by atoms with Crippen LogP contribution in [0.2, 0.25) is 0 Å². The van der Waals surface area contributed by atoms with Gasteiger partial charge in [0.15, 0.2) is 0 Å². The molecule has 2 N–H and O–H groups in total. The number of hydrogen-bond donors (Lipinski definition) is 2. The first-order valence-corrected chi connectivity index (χ1v) is 9.11. The Morgan fingerprint density at radius 2 is 2.04 bits per heavy atom. The molecule has 2 atom stereocenters. The van der Waals surface area contributed by atoms with Crippen molar-refractivity contribution in [3.8, 4) is 0 Å². The molecule has 0 radical (unpaired) electrons. The molecule has 1 fully saturated rings. The summed E-state index contributed by atoms with van der Waals surface area (Å²) in [5, 5.41) is 3.25. The molecule has 0 spiro atoms. The molecular formula is C19H30N2O3. The smallest absolute Gasteiger partial charge is 0.323 e. The number of unbranched alkanes of at least 4 members (excludes halogenated alkanes) is 3. The van der Waals surface area contributed by atoms with Crippen molar-refractivity contribution in [3.63, 3.8) is 0 Å². The SMILES string of the molecule is CCCCCCOC(=O)[C@@H]1CC[C@@H](NOCc2ccccc2)CN1. The van der Waals surface area contributed by atoms with Gasteiger partial charge in [-0.05, 0) is 24.8 Å². The average molecular weight is 334 g/mol. The Morgan fingerprint density at radius 3 is 2.75 bits per heavy atom. The lowest BCUT2D eigenvalue weighted by Gasteiger charge is -2.28. The number of ether oxygens (including phenoxy) is 1. The Morgan fingerprint density at radius 1 is 1.21 bits per heavy atom. The Labute approximate surface area is 145 Å². The van der Waals surface area contributed by atoms with E-state index in [0.717, 1.165) is 31.2 Å². The second kappa shape index (κ2) is 11.2. The molecule has 0 bridgehead atoms. The fourth-order valence-corrected chi connectivity index (χ4v) is 2.78. The van der Waals surface area contributed by atoms with Gasteiger partial charge in [-0.25, -0.2) is 0 Å². The maximum absolute atomic E-state index is 12.0. The number of esters is 1. The van der Waals surface area contributed by atoms with Crippen molar-refractivity contribution < 1.29 is 14.4 Å². The number of hydrogen-bond acceptors (Lipinski definition) is 5. The molecule has 0 aromatic heterocycles. The molecule has 1 aromatic rings. The van der Waals surface area contributed by atoms with E-state index in [9.17, 15) is 4.79 Å². The minimum absolute atomic E-state index is 0.116. The van der Waals surface area contributed by atoms with Gasteiger partial charge in [0.1, 0.15) is 6.04 Å². The van der Waals surface area contributed by atoms with Crippen molar-refractivity contribution in [2.24, 2.45) is 0 Å². The molecule has 0 saturated carbocycles. The molecule has 1 aliphatic heterocycles. The number of hydroxylamine groups is 1. The highest BCUT2D eigenvalue weighted by Gasteiger charge is 2.26. The second-order valence-corrected chi connectivity index (χ2v) is 6.36. The summed E-state index contributed by atoms with van der Waals surface area (Å²) in [5.74, 6) is -0.116. The number of carbonyl (C=O) groups is 1. The zero-order valence-electron chi connectivity index (χ0n) is 14.6. The Hall–Kier alpha value is -1.43. The van der Waals surface area contributed by atoms with Crippen LogP contribution in [-0.2, 0) is 21.0 Å². The summed E-state index contributed by atoms with van der Waals surface area (Å²) < 4.78 is 5.35. The largest absolute Gasteiger partial charge is 0.465 e. The first-order valence-electron chi connectivity index (χ1n) is 9.11. The molecular weight excluding hydrogens is 304 g/mol. The molecule has 5 nitrogen and oxygen atoms in total. The molecule has 1 aliphatic rings. The summed E-state index contributed by atoms with van der Waals surface area (Å²) in [6, 6.07) is 10.1. The minimum atomic E-state index is -0.177. The zero-order chi connectivity index (χ0) is 17.0. The van der Waals surface area contributed by atoms with E-state index >= 15 is 0 Å². The third kappa shape index (κ3) is 6.99. The van der Waals surface area contributed by atoms with Crippen LogP contribution in [0, 0.1) is 0 Å². The summed E-state index contributed by atoms with van der Waals surface area (Å²) >= 11 is 0. The van der Waals surface area contributed by atoms with Gasteiger partial charge in [-0.15, -0.1) is 0 Å². The quantitative estimate of drug-likeness (QED) is 0.391. The van der Waals surface area contributed by atoms with Gasteiger partial charge in [-0.1, -0.05) is 56.5 Å². The Balaban J connectivity index is 1.55. The highest BCUT2D eigenvalue weighted by atomic mass is 16.6. The number of carbonyl (C=O) groups excluding carboxylic acids is 1. The number of piperidine rings is 1. The first-order chi connectivity index (χ1) is 11.8. The van der Waals surface area contributed by atoms with Crippen LogP contribution in [0.15, 0.2) is 30.3 Å². The highest BCUT2D eigenvalue weighted by Crippen LogP contribution is 2.11. The van der Waals surface area contributed by atoms with Crippen molar-refractivity contribution >= 4 is 5.97 Å². The molecule has 0 unspecified atom stereocenters. The summed E-state index contributed by atoms with van der Waals surface area (Å²) in [6.07, 6.45) is 6.17. The van der Waals surface area contributed by atoms with Gasteiger partial charge in [0, 0.05) is 12.6 Å². The zero-order valence-corrected chi connectivity index (χ0v) is 14.6. The standard InChI is InChI=1S/C19H30N2O3/c1-2-3-4-8-13-23-19(22)18-12-11-17(14-20-18)21-24-15-16-9-6-5-7-10-16/h5-7,9-10,17-18,20-21H,2-4,8,11-15H2,1H3/t17-,18+/m1/s1. The second-order valence-electron chi connectivity index (χ2n) is 6.36. The number of nitrogens with one attached hydrogen (secondary N) is 2. The van der Waals surface area contributed by atoms with Gasteiger partial charge in [-0.2, -0.15) is 5.48 Å². The summed E-state index contributed by atoms with van der Waals surface area (Å²) in [5.41, 5.74) is 4.22. The Bertz CT molecular complexity index is 459. The van der Waals surface area contributed by atoms with E-state index in [1.54, 1.807) is 0 Å². The molecule has 1 aromatic carbocycles. The lowest BCUT2D eigenvalue weighted by molar-refractivity contribution is -0.147. The van der Waals surface area contributed by atoms with Crippen LogP contribution in [0.1, 0.15) is 51.0 Å². The summed E-state index contributed by atoms with van der Waals surface area (Å²) in [7, 11) is 0. The third-order valence-electron chi connectivity index (χ3n) is 4.27. The summed E-state index contributed by atoms with van der Waals surface area (Å²) in [4.78, 5) is 17.6. The van der Waals surface area contributed by atoms with Crippen LogP contribution >= 0.6 is 0 Å².